The maximum absolute atomic E-state index is 11.7. The molecule has 1 aromatic heterocycles. The molecule has 0 spiro atoms. The van der Waals surface area contributed by atoms with E-state index in [0.717, 1.165) is 11.3 Å². The van der Waals surface area contributed by atoms with Gasteiger partial charge >= 0.3 is 0 Å². The van der Waals surface area contributed by atoms with Crippen LogP contribution in [-0.2, 0) is 6.42 Å². The number of nitrogens with zero attached hydrogens (tertiary/aromatic N) is 1. The smallest absolute Gasteiger partial charge is 0.265 e. The second-order valence-corrected chi connectivity index (χ2v) is 4.77. The van der Waals surface area contributed by atoms with Gasteiger partial charge in [-0.2, -0.15) is 0 Å². The first-order chi connectivity index (χ1) is 8.11. The summed E-state index contributed by atoms with van der Waals surface area (Å²) < 4.78 is 0.498. The van der Waals surface area contributed by atoms with Crippen LogP contribution < -0.4 is 5.56 Å². The van der Waals surface area contributed by atoms with Crippen LogP contribution in [0.2, 0.25) is 5.02 Å². The molecule has 88 valence electrons. The lowest BCUT2D eigenvalue weighted by Crippen LogP contribution is -2.13. The molecule has 1 aromatic carbocycles. The number of hydrogen-bond acceptors (Lipinski definition) is 2. The molecule has 0 atom stereocenters. The van der Waals surface area contributed by atoms with Crippen LogP contribution in [0.4, 0.5) is 0 Å². The minimum atomic E-state index is -0.165. The molecule has 17 heavy (non-hydrogen) atoms. The number of hydrogen-bond donors (Lipinski definition) is 1. The zero-order valence-electron chi connectivity index (χ0n) is 9.13. The molecule has 0 amide bonds. The molecule has 2 rings (SSSR count). The monoisotopic (exact) mass is 312 g/mol. The van der Waals surface area contributed by atoms with Crippen LogP contribution >= 0.6 is 27.5 Å². The van der Waals surface area contributed by atoms with Gasteiger partial charge in [-0.25, -0.2) is 4.98 Å². The number of nitrogens with one attached hydrogen (secondary N) is 1. The van der Waals surface area contributed by atoms with E-state index < -0.39 is 0 Å². The Bertz CT molecular complexity index is 592. The van der Waals surface area contributed by atoms with E-state index in [9.17, 15) is 4.79 Å². The maximum atomic E-state index is 11.7. The summed E-state index contributed by atoms with van der Waals surface area (Å²) in [6.07, 6.45) is 0.699. The first kappa shape index (κ1) is 12.3. The van der Waals surface area contributed by atoms with Gasteiger partial charge in [0.2, 0.25) is 0 Å². The molecular formula is C12H10BrClN2O. The van der Waals surface area contributed by atoms with E-state index in [2.05, 4.69) is 25.9 Å². The fourth-order valence-electron chi connectivity index (χ4n) is 1.48. The Hall–Kier alpha value is -1.13. The Kier molecular flexibility index (Phi) is 3.64. The third-order valence-corrected chi connectivity index (χ3v) is 3.45. The lowest BCUT2D eigenvalue weighted by atomic mass is 10.2. The van der Waals surface area contributed by atoms with E-state index in [1.165, 1.54) is 0 Å². The second kappa shape index (κ2) is 5.02. The number of aromatic amines is 1. The van der Waals surface area contributed by atoms with Crippen molar-refractivity contribution in [3.63, 3.8) is 0 Å². The largest absolute Gasteiger partial charge is 0.306 e. The van der Waals surface area contributed by atoms with Gasteiger partial charge < -0.3 is 4.98 Å². The van der Waals surface area contributed by atoms with Crippen molar-refractivity contribution in [3.05, 3.63) is 49.8 Å². The van der Waals surface area contributed by atoms with Crippen molar-refractivity contribution in [2.45, 2.75) is 13.3 Å². The average molecular weight is 314 g/mol. The Labute approximate surface area is 112 Å². The molecule has 1 N–H and O–H groups in total. The number of aromatic nitrogens is 2. The van der Waals surface area contributed by atoms with Gasteiger partial charge in [0.1, 0.15) is 10.3 Å². The Balaban J connectivity index is 2.56. The van der Waals surface area contributed by atoms with Crippen LogP contribution in [0.25, 0.3) is 11.4 Å². The second-order valence-electron chi connectivity index (χ2n) is 3.54. The Morgan fingerprint density at radius 2 is 2.00 bits per heavy atom. The zero-order chi connectivity index (χ0) is 12.4. The molecule has 1 heterocycles. The van der Waals surface area contributed by atoms with Gasteiger partial charge in [-0.05, 0) is 46.6 Å². The summed E-state index contributed by atoms with van der Waals surface area (Å²) in [6, 6.07) is 7.19. The highest BCUT2D eigenvalue weighted by atomic mass is 79.9. The van der Waals surface area contributed by atoms with Gasteiger partial charge in [-0.3, -0.25) is 4.79 Å². The summed E-state index contributed by atoms with van der Waals surface area (Å²) in [5.41, 5.74) is 1.43. The van der Waals surface area contributed by atoms with Crippen LogP contribution in [0.3, 0.4) is 0 Å². The van der Waals surface area contributed by atoms with E-state index in [1.807, 2.05) is 19.1 Å². The van der Waals surface area contributed by atoms with Crippen molar-refractivity contribution in [3.8, 4) is 11.4 Å². The number of H-pyrrole nitrogens is 1. The van der Waals surface area contributed by atoms with E-state index >= 15 is 0 Å². The first-order valence-electron chi connectivity index (χ1n) is 5.16. The van der Waals surface area contributed by atoms with Gasteiger partial charge in [0.05, 0.1) is 5.69 Å². The van der Waals surface area contributed by atoms with Crippen LogP contribution in [0, 0.1) is 0 Å². The molecular weight excluding hydrogens is 304 g/mol. The molecule has 3 nitrogen and oxygen atoms in total. The highest BCUT2D eigenvalue weighted by Crippen LogP contribution is 2.19. The summed E-state index contributed by atoms with van der Waals surface area (Å²) in [6.45, 7) is 1.96. The maximum Gasteiger partial charge on any atom is 0.265 e. The number of rotatable bonds is 2. The average Bonchev–Trinajstić information content (AvgIpc) is 2.33. The molecule has 0 aliphatic rings. The molecule has 0 aliphatic carbocycles. The van der Waals surface area contributed by atoms with Gasteiger partial charge in [0.25, 0.3) is 5.56 Å². The molecule has 0 aliphatic heterocycles. The quantitative estimate of drug-likeness (QED) is 0.923. The highest BCUT2D eigenvalue weighted by molar-refractivity contribution is 9.10. The molecule has 0 radical (unpaired) electrons. The SMILES string of the molecule is CCc1nc(-c2ccc(Cl)cc2)[nH]c(=O)c1Br. The zero-order valence-corrected chi connectivity index (χ0v) is 11.5. The van der Waals surface area contributed by atoms with Gasteiger partial charge in [-0.1, -0.05) is 18.5 Å². The minimum absolute atomic E-state index is 0.165. The predicted molar refractivity (Wildman–Crippen MR) is 72.4 cm³/mol. The number of aryl methyl sites for hydroxylation is 1. The standard InChI is InChI=1S/C12H10BrClN2O/c1-2-9-10(13)12(17)16-11(15-9)7-3-5-8(14)6-4-7/h3-6H,2H2,1H3,(H,15,16,17). The fraction of sp³-hybridized carbons (Fsp3) is 0.167. The predicted octanol–water partition coefficient (Wildman–Crippen LogP) is 3.42. The lowest BCUT2D eigenvalue weighted by molar-refractivity contribution is 0.970. The van der Waals surface area contributed by atoms with Crippen molar-refractivity contribution < 1.29 is 0 Å². The van der Waals surface area contributed by atoms with Crippen molar-refractivity contribution in [1.82, 2.24) is 9.97 Å². The Morgan fingerprint density at radius 1 is 1.35 bits per heavy atom. The van der Waals surface area contributed by atoms with Gasteiger partial charge in [-0.15, -0.1) is 0 Å². The molecule has 0 saturated heterocycles. The topological polar surface area (TPSA) is 45.8 Å². The number of benzene rings is 1. The van der Waals surface area contributed by atoms with E-state index in [1.54, 1.807) is 12.1 Å². The van der Waals surface area contributed by atoms with Crippen LogP contribution in [-0.4, -0.2) is 9.97 Å². The summed E-state index contributed by atoms with van der Waals surface area (Å²) in [5, 5.41) is 0.656. The first-order valence-corrected chi connectivity index (χ1v) is 6.33. The van der Waals surface area contributed by atoms with Gasteiger partial charge in [0.15, 0.2) is 0 Å². The third-order valence-electron chi connectivity index (χ3n) is 2.38. The summed E-state index contributed by atoms with van der Waals surface area (Å²) >= 11 is 9.05. The third kappa shape index (κ3) is 2.58. The summed E-state index contributed by atoms with van der Waals surface area (Å²) in [7, 11) is 0. The molecule has 0 fully saturated rings. The molecule has 2 aromatic rings. The Morgan fingerprint density at radius 3 is 2.59 bits per heavy atom. The van der Waals surface area contributed by atoms with E-state index in [0.29, 0.717) is 21.7 Å². The van der Waals surface area contributed by atoms with Crippen LogP contribution in [0.5, 0.6) is 0 Å². The van der Waals surface area contributed by atoms with Crippen LogP contribution in [0.1, 0.15) is 12.6 Å². The summed E-state index contributed by atoms with van der Waals surface area (Å²) in [4.78, 5) is 18.8. The van der Waals surface area contributed by atoms with Crippen molar-refractivity contribution in [1.29, 1.82) is 0 Å². The number of halogens is 2. The van der Waals surface area contributed by atoms with Crippen molar-refractivity contribution >= 4 is 27.5 Å². The van der Waals surface area contributed by atoms with Crippen LogP contribution in [0.15, 0.2) is 33.5 Å². The van der Waals surface area contributed by atoms with E-state index in [4.69, 9.17) is 11.6 Å². The van der Waals surface area contributed by atoms with Crippen molar-refractivity contribution in [2.75, 3.05) is 0 Å². The fourth-order valence-corrected chi connectivity index (χ4v) is 2.08. The van der Waals surface area contributed by atoms with Gasteiger partial charge in [0, 0.05) is 10.6 Å². The molecule has 0 unspecified atom stereocenters. The molecule has 5 heteroatoms. The normalized spacial score (nSPS) is 10.5. The molecule has 0 bridgehead atoms. The van der Waals surface area contributed by atoms with E-state index in [-0.39, 0.29) is 5.56 Å². The molecule has 0 saturated carbocycles. The lowest BCUT2D eigenvalue weighted by Gasteiger charge is -2.05. The van der Waals surface area contributed by atoms with Crippen molar-refractivity contribution in [2.24, 2.45) is 0 Å². The highest BCUT2D eigenvalue weighted by Gasteiger charge is 2.08. The minimum Gasteiger partial charge on any atom is -0.306 e. The summed E-state index contributed by atoms with van der Waals surface area (Å²) in [5.74, 6) is 0.562.